The first-order valence-corrected chi connectivity index (χ1v) is 6.91. The Morgan fingerprint density at radius 1 is 1.43 bits per heavy atom. The number of anilines is 1. The maximum Gasteiger partial charge on any atom is 0.387 e. The molecule has 1 saturated heterocycles. The van der Waals surface area contributed by atoms with Crippen LogP contribution in [-0.4, -0.2) is 36.7 Å². The molecular weight excluding hydrogens is 314 g/mol. The highest BCUT2D eigenvalue weighted by atomic mass is 19.3. The summed E-state index contributed by atoms with van der Waals surface area (Å²) in [6.07, 6.45) is 1.26. The molecule has 1 aliphatic heterocycles. The molecule has 1 fully saturated rings. The van der Waals surface area contributed by atoms with Crippen molar-refractivity contribution in [3.8, 4) is 5.75 Å². The van der Waals surface area contributed by atoms with E-state index in [2.05, 4.69) is 10.1 Å². The predicted octanol–water partition coefficient (Wildman–Crippen LogP) is 1.83. The van der Waals surface area contributed by atoms with Crippen molar-refractivity contribution in [3.63, 3.8) is 0 Å². The van der Waals surface area contributed by atoms with Gasteiger partial charge in [0.25, 0.3) is 0 Å². The third-order valence-electron chi connectivity index (χ3n) is 3.56. The molecule has 8 nitrogen and oxygen atoms in total. The first kappa shape index (κ1) is 16.7. The Morgan fingerprint density at radius 2 is 2.09 bits per heavy atom. The number of hydrogen-bond acceptors (Lipinski definition) is 5. The molecule has 0 aliphatic carbocycles. The number of halogens is 2. The highest BCUT2D eigenvalue weighted by molar-refractivity contribution is 5.72. The summed E-state index contributed by atoms with van der Waals surface area (Å²) in [6, 6.07) is 3.22. The molecular formula is C13H16F2N4O4. The predicted molar refractivity (Wildman–Crippen MR) is 77.7 cm³/mol. The quantitative estimate of drug-likeness (QED) is 0.632. The fourth-order valence-electron chi connectivity index (χ4n) is 2.52. The molecule has 0 aromatic heterocycles. The first-order chi connectivity index (χ1) is 10.9. The third kappa shape index (κ3) is 4.41. The lowest BCUT2D eigenvalue weighted by atomic mass is 10.0. The molecule has 126 valence electrons. The van der Waals surface area contributed by atoms with Crippen LogP contribution in [0, 0.1) is 10.1 Å². The molecule has 23 heavy (non-hydrogen) atoms. The van der Waals surface area contributed by atoms with E-state index in [0.717, 1.165) is 6.07 Å². The maximum atomic E-state index is 12.4. The number of benzene rings is 1. The van der Waals surface area contributed by atoms with Crippen molar-refractivity contribution in [2.75, 3.05) is 18.0 Å². The number of carbonyl (C=O) groups excluding carboxylic acids is 1. The zero-order valence-corrected chi connectivity index (χ0v) is 12.1. The van der Waals surface area contributed by atoms with Crippen LogP contribution in [-0.2, 0) is 0 Å². The molecule has 0 unspecified atom stereocenters. The minimum absolute atomic E-state index is 0.0430. The molecule has 1 heterocycles. The second-order valence-corrected chi connectivity index (χ2v) is 5.06. The average Bonchev–Trinajstić information content (AvgIpc) is 2.46. The van der Waals surface area contributed by atoms with Crippen LogP contribution >= 0.6 is 0 Å². The minimum Gasteiger partial charge on any atom is -0.427 e. The molecule has 0 radical (unpaired) electrons. The summed E-state index contributed by atoms with van der Waals surface area (Å²) >= 11 is 0. The number of carbonyl (C=O) groups is 1. The maximum absolute atomic E-state index is 12.4. The Hall–Kier alpha value is -2.65. The van der Waals surface area contributed by atoms with E-state index in [1.807, 2.05) is 4.90 Å². The van der Waals surface area contributed by atoms with Crippen LogP contribution in [0.5, 0.6) is 5.75 Å². The number of hydrogen-bond donors (Lipinski definition) is 2. The first-order valence-electron chi connectivity index (χ1n) is 6.91. The van der Waals surface area contributed by atoms with Gasteiger partial charge in [0.15, 0.2) is 0 Å². The molecule has 3 N–H and O–H groups in total. The van der Waals surface area contributed by atoms with Gasteiger partial charge in [-0.3, -0.25) is 10.1 Å². The van der Waals surface area contributed by atoms with E-state index in [4.69, 9.17) is 5.73 Å². The second-order valence-electron chi connectivity index (χ2n) is 5.06. The van der Waals surface area contributed by atoms with E-state index in [-0.39, 0.29) is 6.04 Å². The van der Waals surface area contributed by atoms with Gasteiger partial charge in [-0.2, -0.15) is 8.78 Å². The summed E-state index contributed by atoms with van der Waals surface area (Å²) in [5.74, 6) is -0.472. The number of nitrogens with one attached hydrogen (secondary N) is 1. The lowest BCUT2D eigenvalue weighted by Crippen LogP contribution is -2.46. The normalized spacial score (nSPS) is 15.5. The van der Waals surface area contributed by atoms with Crippen LogP contribution < -0.4 is 20.7 Å². The van der Waals surface area contributed by atoms with Gasteiger partial charge >= 0.3 is 18.3 Å². The van der Waals surface area contributed by atoms with Crippen molar-refractivity contribution in [1.29, 1.82) is 0 Å². The van der Waals surface area contributed by atoms with Gasteiger partial charge in [0, 0.05) is 37.0 Å². The Bertz CT molecular complexity index is 591. The molecule has 0 atom stereocenters. The number of nitrogens with two attached hydrogens (primary N) is 1. The molecule has 1 aliphatic rings. The fraction of sp³-hybridized carbons (Fsp3) is 0.462. The highest BCUT2D eigenvalue weighted by Crippen LogP contribution is 2.33. The van der Waals surface area contributed by atoms with Crippen LogP contribution in [0.15, 0.2) is 18.2 Å². The Morgan fingerprint density at radius 3 is 2.61 bits per heavy atom. The monoisotopic (exact) mass is 330 g/mol. The number of nitro benzene ring substituents is 1. The molecule has 1 aromatic carbocycles. The minimum atomic E-state index is -3.14. The number of rotatable bonds is 5. The van der Waals surface area contributed by atoms with Crippen LogP contribution in [0.2, 0.25) is 0 Å². The van der Waals surface area contributed by atoms with E-state index in [9.17, 15) is 23.7 Å². The lowest BCUT2D eigenvalue weighted by Gasteiger charge is -2.33. The van der Waals surface area contributed by atoms with Gasteiger partial charge in [0.1, 0.15) is 0 Å². The SMILES string of the molecule is NC(=O)NC1CCN(c2ccc([N+](=O)[O-])c(OC(F)F)c2)CC1. The van der Waals surface area contributed by atoms with E-state index in [1.54, 1.807) is 0 Å². The smallest absolute Gasteiger partial charge is 0.387 e. The molecule has 0 spiro atoms. The molecule has 2 amide bonds. The Balaban J connectivity index is 2.11. The van der Waals surface area contributed by atoms with Crippen molar-refractivity contribution >= 4 is 17.4 Å². The Kier molecular flexibility index (Phi) is 5.14. The van der Waals surface area contributed by atoms with Crippen molar-refractivity contribution in [2.45, 2.75) is 25.5 Å². The van der Waals surface area contributed by atoms with Gasteiger partial charge in [-0.25, -0.2) is 4.79 Å². The van der Waals surface area contributed by atoms with Gasteiger partial charge in [0.05, 0.1) is 4.92 Å². The standard InChI is InChI=1S/C13H16F2N4O4/c14-12(15)23-11-7-9(1-2-10(11)19(21)22)18-5-3-8(4-6-18)17-13(16)20/h1-2,7-8,12H,3-6H2,(H3,16,17,20). The zero-order valence-electron chi connectivity index (χ0n) is 12.1. The van der Waals surface area contributed by atoms with Gasteiger partial charge in [0.2, 0.25) is 5.75 Å². The Labute approximate surface area is 130 Å². The number of urea groups is 1. The molecule has 10 heteroatoms. The summed E-state index contributed by atoms with van der Waals surface area (Å²) in [6.45, 7) is -2.04. The average molecular weight is 330 g/mol. The number of primary amides is 1. The van der Waals surface area contributed by atoms with Gasteiger partial charge < -0.3 is 20.7 Å². The number of nitro groups is 1. The number of piperidine rings is 1. The molecule has 0 bridgehead atoms. The van der Waals surface area contributed by atoms with Crippen molar-refractivity contribution < 1.29 is 23.2 Å². The van der Waals surface area contributed by atoms with Gasteiger partial charge in [-0.05, 0) is 18.9 Å². The number of nitrogens with zero attached hydrogens (tertiary/aromatic N) is 2. The molecule has 0 saturated carbocycles. The van der Waals surface area contributed by atoms with Crippen LogP contribution in [0.1, 0.15) is 12.8 Å². The third-order valence-corrected chi connectivity index (χ3v) is 3.56. The molecule has 2 rings (SSSR count). The van der Waals surface area contributed by atoms with Crippen LogP contribution in [0.25, 0.3) is 0 Å². The lowest BCUT2D eigenvalue weighted by molar-refractivity contribution is -0.386. The van der Waals surface area contributed by atoms with E-state index < -0.39 is 29.0 Å². The summed E-state index contributed by atoms with van der Waals surface area (Å²) in [5, 5.41) is 13.5. The van der Waals surface area contributed by atoms with E-state index in [1.165, 1.54) is 12.1 Å². The van der Waals surface area contributed by atoms with Crippen LogP contribution in [0.3, 0.4) is 0 Å². The zero-order chi connectivity index (χ0) is 17.0. The van der Waals surface area contributed by atoms with Crippen molar-refractivity contribution in [1.82, 2.24) is 5.32 Å². The summed E-state index contributed by atoms with van der Waals surface area (Å²) in [7, 11) is 0. The van der Waals surface area contributed by atoms with Gasteiger partial charge in [-0.15, -0.1) is 0 Å². The topological polar surface area (TPSA) is 111 Å². The summed E-state index contributed by atoms with van der Waals surface area (Å²) < 4.78 is 29.0. The summed E-state index contributed by atoms with van der Waals surface area (Å²) in [4.78, 5) is 22.8. The summed E-state index contributed by atoms with van der Waals surface area (Å²) in [5.41, 5.74) is 5.10. The van der Waals surface area contributed by atoms with E-state index in [0.29, 0.717) is 31.6 Å². The molecule has 1 aromatic rings. The second kappa shape index (κ2) is 7.07. The number of amides is 2. The van der Waals surface area contributed by atoms with Gasteiger partial charge in [-0.1, -0.05) is 0 Å². The number of alkyl halides is 2. The van der Waals surface area contributed by atoms with Crippen LogP contribution in [0.4, 0.5) is 25.0 Å². The number of ether oxygens (including phenoxy) is 1. The fourth-order valence-corrected chi connectivity index (χ4v) is 2.52. The largest absolute Gasteiger partial charge is 0.427 e. The van der Waals surface area contributed by atoms with E-state index >= 15 is 0 Å². The van der Waals surface area contributed by atoms with Crippen molar-refractivity contribution in [3.05, 3.63) is 28.3 Å². The highest BCUT2D eigenvalue weighted by Gasteiger charge is 2.24. The van der Waals surface area contributed by atoms with Crippen molar-refractivity contribution in [2.24, 2.45) is 5.73 Å².